The van der Waals surface area contributed by atoms with Gasteiger partial charge in [-0.2, -0.15) is 0 Å². The van der Waals surface area contributed by atoms with E-state index in [2.05, 4.69) is 5.32 Å². The van der Waals surface area contributed by atoms with E-state index >= 15 is 0 Å². The maximum absolute atomic E-state index is 11.8. The third-order valence-electron chi connectivity index (χ3n) is 3.04. The number of hydrogen-bond donors (Lipinski definition) is 2. The van der Waals surface area contributed by atoms with E-state index in [1.54, 1.807) is 13.8 Å². The largest absolute Gasteiger partial charge is 0.350 e. The van der Waals surface area contributed by atoms with E-state index in [1.807, 2.05) is 30.3 Å². The summed E-state index contributed by atoms with van der Waals surface area (Å²) in [6.07, 6.45) is 0. The summed E-state index contributed by atoms with van der Waals surface area (Å²) in [6, 6.07) is 9.50. The summed E-state index contributed by atoms with van der Waals surface area (Å²) in [5.74, 6) is 5.80. The Labute approximate surface area is 111 Å². The molecule has 0 saturated heterocycles. The van der Waals surface area contributed by atoms with Gasteiger partial charge in [-0.05, 0) is 31.6 Å². The molecule has 0 saturated carbocycles. The Balaban J connectivity index is 2.53. The highest BCUT2D eigenvalue weighted by atomic mass is 32.1. The Morgan fingerprint density at radius 2 is 2.00 bits per heavy atom. The van der Waals surface area contributed by atoms with E-state index < -0.39 is 0 Å². The van der Waals surface area contributed by atoms with Gasteiger partial charge in [-0.1, -0.05) is 30.3 Å². The fraction of sp³-hybridized carbons (Fsp3) is 0.231. The molecule has 0 unspecified atom stereocenters. The van der Waals surface area contributed by atoms with E-state index in [0.29, 0.717) is 16.4 Å². The molecular weight excluding hydrogens is 246 g/mol. The molecule has 0 spiro atoms. The molecule has 0 bridgehead atoms. The summed E-state index contributed by atoms with van der Waals surface area (Å²) in [5.41, 5.74) is 2.34. The van der Waals surface area contributed by atoms with E-state index in [0.717, 1.165) is 5.56 Å². The van der Waals surface area contributed by atoms with Crippen molar-refractivity contribution in [2.75, 3.05) is 0 Å². The molecule has 1 aromatic rings. The lowest BCUT2D eigenvalue weighted by molar-refractivity contribution is -0.114. The zero-order valence-corrected chi connectivity index (χ0v) is 11.1. The van der Waals surface area contributed by atoms with E-state index in [4.69, 9.17) is 18.1 Å². The fourth-order valence-corrected chi connectivity index (χ4v) is 2.36. The molecule has 0 amide bonds. The first-order chi connectivity index (χ1) is 8.52. The molecule has 3 N–H and O–H groups in total. The van der Waals surface area contributed by atoms with Crippen molar-refractivity contribution in [1.82, 2.24) is 10.3 Å². The lowest BCUT2D eigenvalue weighted by Gasteiger charge is -2.34. The summed E-state index contributed by atoms with van der Waals surface area (Å²) in [6.45, 7) is 3.35. The van der Waals surface area contributed by atoms with Crippen LogP contribution in [0.4, 0.5) is 0 Å². The number of carbonyl (C=O) groups is 1. The number of nitrogens with zero attached hydrogens (tertiary/aromatic N) is 1. The van der Waals surface area contributed by atoms with Crippen molar-refractivity contribution in [3.05, 3.63) is 47.2 Å². The number of allylic oxidation sites excluding steroid dienone is 1. The van der Waals surface area contributed by atoms with Gasteiger partial charge >= 0.3 is 0 Å². The standard InChI is InChI=1S/C13H15N3OS/c1-8-11(9(2)17)12(15-13(18)16(8)14)10-6-4-3-5-7-10/h3-7,12H,14H2,1-2H3,(H,15,18)/t12-/m0/s1. The second-order valence-electron chi connectivity index (χ2n) is 4.22. The Kier molecular flexibility index (Phi) is 3.45. The maximum atomic E-state index is 11.8. The minimum absolute atomic E-state index is 0.00759. The van der Waals surface area contributed by atoms with Gasteiger partial charge in [0, 0.05) is 11.3 Å². The number of thiocarbonyl (C=S) groups is 1. The van der Waals surface area contributed by atoms with Crippen molar-refractivity contribution < 1.29 is 4.79 Å². The van der Waals surface area contributed by atoms with E-state index in [-0.39, 0.29) is 11.8 Å². The molecule has 1 aromatic carbocycles. The number of nitrogens with one attached hydrogen (secondary N) is 1. The van der Waals surface area contributed by atoms with E-state index in [9.17, 15) is 4.79 Å². The molecule has 4 nitrogen and oxygen atoms in total. The van der Waals surface area contributed by atoms with Gasteiger partial charge in [0.1, 0.15) is 0 Å². The van der Waals surface area contributed by atoms with Crippen molar-refractivity contribution in [3.63, 3.8) is 0 Å². The zero-order valence-electron chi connectivity index (χ0n) is 10.3. The van der Waals surface area contributed by atoms with Gasteiger partial charge in [0.2, 0.25) is 0 Å². The van der Waals surface area contributed by atoms with Crippen LogP contribution in [0.1, 0.15) is 25.5 Å². The first-order valence-corrected chi connectivity index (χ1v) is 6.05. The number of carbonyl (C=O) groups excluding carboxylic acids is 1. The SMILES string of the molecule is CC(=O)C1=C(C)N(N)C(=S)N[C@H]1c1ccccc1. The predicted molar refractivity (Wildman–Crippen MR) is 74.3 cm³/mol. The van der Waals surface area contributed by atoms with Crippen LogP contribution in [0.5, 0.6) is 0 Å². The normalized spacial score (nSPS) is 19.8. The highest BCUT2D eigenvalue weighted by Gasteiger charge is 2.30. The van der Waals surface area contributed by atoms with Crippen LogP contribution in [-0.4, -0.2) is 15.9 Å². The van der Waals surface area contributed by atoms with Crippen molar-refractivity contribution in [2.45, 2.75) is 19.9 Å². The molecule has 2 rings (SSSR count). The maximum Gasteiger partial charge on any atom is 0.188 e. The minimum atomic E-state index is -0.226. The van der Waals surface area contributed by atoms with Crippen LogP contribution in [0.15, 0.2) is 41.6 Å². The van der Waals surface area contributed by atoms with Crippen molar-refractivity contribution in [2.24, 2.45) is 5.84 Å². The number of rotatable bonds is 2. The van der Waals surface area contributed by atoms with Gasteiger partial charge in [-0.15, -0.1) is 0 Å². The Hall–Kier alpha value is -1.72. The first-order valence-electron chi connectivity index (χ1n) is 5.64. The third-order valence-corrected chi connectivity index (χ3v) is 3.35. The predicted octanol–water partition coefficient (Wildman–Crippen LogP) is 1.65. The average Bonchev–Trinajstić information content (AvgIpc) is 2.36. The van der Waals surface area contributed by atoms with Crippen molar-refractivity contribution in [1.29, 1.82) is 0 Å². The number of benzene rings is 1. The van der Waals surface area contributed by atoms with Crippen molar-refractivity contribution >= 4 is 23.1 Å². The molecule has 18 heavy (non-hydrogen) atoms. The highest BCUT2D eigenvalue weighted by molar-refractivity contribution is 7.80. The van der Waals surface area contributed by atoms with Crippen LogP contribution in [0.25, 0.3) is 0 Å². The molecule has 1 heterocycles. The molecule has 0 aromatic heterocycles. The molecule has 1 atom stereocenters. The van der Waals surface area contributed by atoms with Crippen LogP contribution in [0.2, 0.25) is 0 Å². The van der Waals surface area contributed by atoms with Gasteiger partial charge in [0.25, 0.3) is 0 Å². The molecular formula is C13H15N3OS. The molecule has 94 valence electrons. The molecule has 0 aliphatic carbocycles. The minimum Gasteiger partial charge on any atom is -0.350 e. The van der Waals surface area contributed by atoms with Crippen LogP contribution in [-0.2, 0) is 4.79 Å². The summed E-state index contributed by atoms with van der Waals surface area (Å²) in [5, 5.41) is 4.86. The van der Waals surface area contributed by atoms with Gasteiger partial charge in [-0.25, -0.2) is 5.84 Å². The van der Waals surface area contributed by atoms with E-state index in [1.165, 1.54) is 5.01 Å². The summed E-state index contributed by atoms with van der Waals surface area (Å²) in [4.78, 5) is 11.8. The van der Waals surface area contributed by atoms with Gasteiger partial charge in [0.05, 0.1) is 6.04 Å². The Morgan fingerprint density at radius 1 is 1.39 bits per heavy atom. The number of ketones is 1. The first kappa shape index (κ1) is 12.7. The van der Waals surface area contributed by atoms with Gasteiger partial charge in [-0.3, -0.25) is 9.80 Å². The summed E-state index contributed by atoms with van der Waals surface area (Å²) < 4.78 is 0. The van der Waals surface area contributed by atoms with Crippen LogP contribution < -0.4 is 11.2 Å². The molecule has 0 fully saturated rings. The zero-order chi connectivity index (χ0) is 13.3. The smallest absolute Gasteiger partial charge is 0.188 e. The number of hydrazine groups is 1. The lowest BCUT2D eigenvalue weighted by atomic mass is 9.93. The van der Waals surface area contributed by atoms with Gasteiger partial charge in [0.15, 0.2) is 10.9 Å². The second-order valence-corrected chi connectivity index (χ2v) is 4.61. The summed E-state index contributed by atoms with van der Waals surface area (Å²) >= 11 is 5.17. The van der Waals surface area contributed by atoms with Crippen LogP contribution >= 0.6 is 12.2 Å². The average molecular weight is 261 g/mol. The lowest BCUT2D eigenvalue weighted by Crippen LogP contribution is -2.50. The number of nitrogens with two attached hydrogens (primary N) is 1. The van der Waals surface area contributed by atoms with Crippen LogP contribution in [0.3, 0.4) is 0 Å². The second kappa shape index (κ2) is 4.88. The third kappa shape index (κ3) is 2.14. The van der Waals surface area contributed by atoms with Crippen LogP contribution in [0, 0.1) is 0 Å². The highest BCUT2D eigenvalue weighted by Crippen LogP contribution is 2.29. The fourth-order valence-electron chi connectivity index (χ4n) is 2.11. The molecule has 1 aliphatic heterocycles. The number of Topliss-reactive ketones (excluding diaryl/α,β-unsaturated/α-hetero) is 1. The Morgan fingerprint density at radius 3 is 2.56 bits per heavy atom. The Bertz CT molecular complexity index is 524. The monoisotopic (exact) mass is 261 g/mol. The topological polar surface area (TPSA) is 58.4 Å². The molecule has 0 radical (unpaired) electrons. The van der Waals surface area contributed by atoms with Crippen molar-refractivity contribution in [3.8, 4) is 0 Å². The number of hydrogen-bond acceptors (Lipinski definition) is 3. The summed E-state index contributed by atoms with van der Waals surface area (Å²) in [7, 11) is 0. The quantitative estimate of drug-likeness (QED) is 0.626. The van der Waals surface area contributed by atoms with Gasteiger partial charge < -0.3 is 5.32 Å². The molecule has 5 heteroatoms. The molecule has 1 aliphatic rings.